The maximum atomic E-state index is 13.7. The van der Waals surface area contributed by atoms with Crippen LogP contribution in [0.1, 0.15) is 16.1 Å². The fraction of sp³-hybridized carbons (Fsp3) is 0.167. The van der Waals surface area contributed by atoms with Crippen molar-refractivity contribution in [3.8, 4) is 0 Å². The molecule has 0 unspecified atom stereocenters. The Hall–Kier alpha value is -2.02. The van der Waals surface area contributed by atoms with Gasteiger partial charge in [0.15, 0.2) is 5.82 Å². The van der Waals surface area contributed by atoms with E-state index in [1.54, 1.807) is 10.9 Å². The molecule has 0 spiro atoms. The highest BCUT2D eigenvalue weighted by atomic mass is 32.1. The van der Waals surface area contributed by atoms with E-state index in [1.165, 1.54) is 23.3 Å². The topological polar surface area (TPSA) is 59.2 Å². The quantitative estimate of drug-likeness (QED) is 0.879. The summed E-state index contributed by atoms with van der Waals surface area (Å²) in [7, 11) is 1.49. The molecule has 19 heavy (non-hydrogen) atoms. The second kappa shape index (κ2) is 5.31. The van der Waals surface area contributed by atoms with Crippen molar-refractivity contribution in [3.05, 3.63) is 45.9 Å². The molecule has 2 rings (SSSR count). The molecule has 1 heterocycles. The third-order valence-electron chi connectivity index (χ3n) is 2.53. The van der Waals surface area contributed by atoms with E-state index in [0.717, 1.165) is 12.1 Å². The van der Waals surface area contributed by atoms with Crippen molar-refractivity contribution < 1.29 is 13.6 Å². The number of nitrogens with zero attached hydrogens (tertiary/aromatic N) is 2. The van der Waals surface area contributed by atoms with E-state index in [-0.39, 0.29) is 17.8 Å². The van der Waals surface area contributed by atoms with Crippen LogP contribution < -0.4 is 5.73 Å². The van der Waals surface area contributed by atoms with Gasteiger partial charge in [-0.1, -0.05) is 0 Å². The lowest BCUT2D eigenvalue weighted by Crippen LogP contribution is -2.27. The minimum Gasteiger partial charge on any atom is -0.396 e. The summed E-state index contributed by atoms with van der Waals surface area (Å²) < 4.78 is 26.9. The van der Waals surface area contributed by atoms with Gasteiger partial charge in [0.2, 0.25) is 0 Å². The van der Waals surface area contributed by atoms with Crippen molar-refractivity contribution >= 4 is 22.9 Å². The molecule has 1 aromatic heterocycles. The lowest BCUT2D eigenvalue weighted by Gasteiger charge is -2.16. The Morgan fingerprint density at radius 2 is 2.21 bits per heavy atom. The summed E-state index contributed by atoms with van der Waals surface area (Å²) in [4.78, 5) is 17.3. The number of amides is 1. The Kier molecular flexibility index (Phi) is 3.75. The first-order chi connectivity index (χ1) is 8.99. The second-order valence-corrected chi connectivity index (χ2v) is 4.72. The summed E-state index contributed by atoms with van der Waals surface area (Å²) in [6.45, 7) is 0.220. The lowest BCUT2D eigenvalue weighted by molar-refractivity contribution is 0.0778. The molecule has 0 aliphatic rings. The van der Waals surface area contributed by atoms with E-state index in [9.17, 15) is 13.6 Å². The number of anilines is 1. The van der Waals surface area contributed by atoms with Gasteiger partial charge < -0.3 is 10.6 Å². The minimum atomic E-state index is -0.906. The fourth-order valence-corrected chi connectivity index (χ4v) is 2.15. The van der Waals surface area contributed by atoms with Gasteiger partial charge in [-0.25, -0.2) is 13.8 Å². The number of carbonyl (C=O) groups excluding carboxylic acids is 1. The molecule has 1 amide bonds. The van der Waals surface area contributed by atoms with Crippen molar-refractivity contribution in [2.45, 2.75) is 6.54 Å². The van der Waals surface area contributed by atoms with Crippen LogP contribution >= 0.6 is 11.3 Å². The molecule has 0 atom stereocenters. The molecule has 1 aromatic carbocycles. The van der Waals surface area contributed by atoms with Crippen molar-refractivity contribution in [2.75, 3.05) is 12.8 Å². The first-order valence-corrected chi connectivity index (χ1v) is 6.30. The zero-order valence-electron chi connectivity index (χ0n) is 10.1. The predicted octanol–water partition coefficient (Wildman–Crippen LogP) is 2.28. The van der Waals surface area contributed by atoms with Crippen molar-refractivity contribution in [3.63, 3.8) is 0 Å². The van der Waals surface area contributed by atoms with Crippen LogP contribution in [0, 0.1) is 11.6 Å². The summed E-state index contributed by atoms with van der Waals surface area (Å²) in [5, 5.41) is 1.78. The summed E-state index contributed by atoms with van der Waals surface area (Å²) in [6, 6.07) is 1.68. The van der Waals surface area contributed by atoms with E-state index in [0.29, 0.717) is 5.69 Å². The maximum absolute atomic E-state index is 13.7. The van der Waals surface area contributed by atoms with Gasteiger partial charge in [-0.15, -0.1) is 11.3 Å². The molecule has 2 aromatic rings. The predicted molar refractivity (Wildman–Crippen MR) is 68.7 cm³/mol. The molecular formula is C12H11F2N3OS. The van der Waals surface area contributed by atoms with E-state index in [4.69, 9.17) is 5.73 Å². The summed E-state index contributed by atoms with van der Waals surface area (Å²) in [5.74, 6) is -2.29. The molecule has 0 bridgehead atoms. The maximum Gasteiger partial charge on any atom is 0.257 e. The Balaban J connectivity index is 2.24. The van der Waals surface area contributed by atoms with Gasteiger partial charge in [0.25, 0.3) is 5.91 Å². The average molecular weight is 283 g/mol. The smallest absolute Gasteiger partial charge is 0.257 e. The second-order valence-electron chi connectivity index (χ2n) is 4.00. The molecule has 100 valence electrons. The van der Waals surface area contributed by atoms with E-state index in [2.05, 4.69) is 4.98 Å². The van der Waals surface area contributed by atoms with Crippen molar-refractivity contribution in [2.24, 2.45) is 0 Å². The summed E-state index contributed by atoms with van der Waals surface area (Å²) >= 11 is 1.39. The minimum absolute atomic E-state index is 0.220. The first kappa shape index (κ1) is 13.4. The van der Waals surface area contributed by atoms with Crippen molar-refractivity contribution in [1.82, 2.24) is 9.88 Å². The third-order valence-corrected chi connectivity index (χ3v) is 3.16. The van der Waals surface area contributed by atoms with Crippen LogP contribution in [0.3, 0.4) is 0 Å². The fourth-order valence-electron chi connectivity index (χ4n) is 1.60. The van der Waals surface area contributed by atoms with E-state index >= 15 is 0 Å². The highest BCUT2D eigenvalue weighted by Crippen LogP contribution is 2.19. The Morgan fingerprint density at radius 3 is 2.84 bits per heavy atom. The van der Waals surface area contributed by atoms with Gasteiger partial charge in [0, 0.05) is 12.4 Å². The molecule has 0 fully saturated rings. The van der Waals surface area contributed by atoms with Crippen LogP contribution in [-0.2, 0) is 6.54 Å². The number of thiazole rings is 1. The number of rotatable bonds is 3. The zero-order valence-corrected chi connectivity index (χ0v) is 10.9. The van der Waals surface area contributed by atoms with Crippen LogP contribution in [0.5, 0.6) is 0 Å². The largest absolute Gasteiger partial charge is 0.396 e. The highest BCUT2D eigenvalue weighted by molar-refractivity contribution is 7.07. The number of hydrogen-bond acceptors (Lipinski definition) is 4. The van der Waals surface area contributed by atoms with Crippen LogP contribution in [-0.4, -0.2) is 22.8 Å². The van der Waals surface area contributed by atoms with Gasteiger partial charge >= 0.3 is 0 Å². The third kappa shape index (κ3) is 2.87. The number of nitrogen functional groups attached to an aromatic ring is 1. The summed E-state index contributed by atoms with van der Waals surface area (Å²) in [5.41, 5.74) is 6.85. The number of halogens is 2. The molecule has 2 N–H and O–H groups in total. The molecular weight excluding hydrogens is 272 g/mol. The molecule has 0 saturated heterocycles. The highest BCUT2D eigenvalue weighted by Gasteiger charge is 2.20. The Morgan fingerprint density at radius 1 is 1.47 bits per heavy atom. The number of nitrogens with two attached hydrogens (primary N) is 1. The van der Waals surface area contributed by atoms with Crippen molar-refractivity contribution in [1.29, 1.82) is 0 Å². The van der Waals surface area contributed by atoms with Gasteiger partial charge in [0.1, 0.15) is 5.82 Å². The van der Waals surface area contributed by atoms with Gasteiger partial charge in [0.05, 0.1) is 29.0 Å². The first-order valence-electron chi connectivity index (χ1n) is 5.36. The SMILES string of the molecule is CN(Cc1cscn1)C(=O)c1cc(F)cc(N)c1F. The Labute approximate surface area is 112 Å². The number of benzene rings is 1. The van der Waals surface area contributed by atoms with Gasteiger partial charge in [-0.2, -0.15) is 0 Å². The van der Waals surface area contributed by atoms with E-state index < -0.39 is 17.5 Å². The molecule has 0 radical (unpaired) electrons. The number of carbonyl (C=O) groups is 1. The number of aromatic nitrogens is 1. The lowest BCUT2D eigenvalue weighted by atomic mass is 10.1. The number of hydrogen-bond donors (Lipinski definition) is 1. The van der Waals surface area contributed by atoms with Gasteiger partial charge in [-0.05, 0) is 12.1 Å². The zero-order chi connectivity index (χ0) is 14.0. The summed E-state index contributed by atoms with van der Waals surface area (Å²) in [6.07, 6.45) is 0. The van der Waals surface area contributed by atoms with Crippen LogP contribution in [0.4, 0.5) is 14.5 Å². The van der Waals surface area contributed by atoms with Gasteiger partial charge in [-0.3, -0.25) is 4.79 Å². The average Bonchev–Trinajstić information content (AvgIpc) is 2.85. The molecule has 0 saturated carbocycles. The van der Waals surface area contributed by atoms with Crippen LogP contribution in [0.2, 0.25) is 0 Å². The monoisotopic (exact) mass is 283 g/mol. The molecule has 0 aliphatic carbocycles. The standard InChI is InChI=1S/C12H11F2N3OS/c1-17(4-8-5-19-6-16-8)12(18)9-2-7(13)3-10(15)11(9)14/h2-3,5-6H,4,15H2,1H3. The molecule has 4 nitrogen and oxygen atoms in total. The van der Waals surface area contributed by atoms with Crippen LogP contribution in [0.15, 0.2) is 23.0 Å². The molecule has 0 aliphatic heterocycles. The van der Waals surface area contributed by atoms with E-state index in [1.807, 2.05) is 0 Å². The Bertz CT molecular complexity index is 601. The normalized spacial score (nSPS) is 10.5. The molecule has 7 heteroatoms. The van der Waals surface area contributed by atoms with Crippen LogP contribution in [0.25, 0.3) is 0 Å².